The first-order valence-electron chi connectivity index (χ1n) is 7.84. The molecule has 1 fully saturated rings. The van der Waals surface area contributed by atoms with Crippen molar-refractivity contribution >= 4 is 5.91 Å². The SMILES string of the molecule is COc1ccc([C@@H](NC(=O)c2cccc(O)c2)C2CC(O)C2)cn1. The van der Waals surface area contributed by atoms with Gasteiger partial charge < -0.3 is 20.3 Å². The Labute approximate surface area is 140 Å². The molecule has 1 aliphatic carbocycles. The van der Waals surface area contributed by atoms with Crippen LogP contribution in [0.4, 0.5) is 0 Å². The molecule has 3 N–H and O–H groups in total. The van der Waals surface area contributed by atoms with Crippen LogP contribution in [0.5, 0.6) is 11.6 Å². The molecule has 0 unspecified atom stereocenters. The van der Waals surface area contributed by atoms with E-state index in [4.69, 9.17) is 4.74 Å². The number of nitrogens with one attached hydrogen (secondary N) is 1. The van der Waals surface area contributed by atoms with Crippen molar-refractivity contribution in [3.05, 3.63) is 53.7 Å². The monoisotopic (exact) mass is 328 g/mol. The van der Waals surface area contributed by atoms with Crippen LogP contribution in [0.15, 0.2) is 42.6 Å². The number of pyridine rings is 1. The molecule has 1 aromatic heterocycles. The minimum atomic E-state index is -0.318. The molecule has 1 heterocycles. The maximum absolute atomic E-state index is 12.5. The molecule has 0 saturated heterocycles. The lowest BCUT2D eigenvalue weighted by molar-refractivity contribution is 0.0234. The van der Waals surface area contributed by atoms with Crippen LogP contribution in [-0.2, 0) is 0 Å². The van der Waals surface area contributed by atoms with Gasteiger partial charge in [0.25, 0.3) is 5.91 Å². The molecule has 0 spiro atoms. The number of phenols is 1. The van der Waals surface area contributed by atoms with Crippen LogP contribution in [0, 0.1) is 5.92 Å². The fourth-order valence-corrected chi connectivity index (χ4v) is 2.94. The van der Waals surface area contributed by atoms with Gasteiger partial charge in [-0.05, 0) is 42.5 Å². The zero-order chi connectivity index (χ0) is 17.1. The maximum Gasteiger partial charge on any atom is 0.251 e. The molecular formula is C18H20N2O4. The van der Waals surface area contributed by atoms with Crippen molar-refractivity contribution in [3.8, 4) is 11.6 Å². The van der Waals surface area contributed by atoms with Crippen LogP contribution in [-0.4, -0.2) is 34.3 Å². The summed E-state index contributed by atoms with van der Waals surface area (Å²) < 4.78 is 5.06. The molecule has 1 amide bonds. The molecule has 0 radical (unpaired) electrons. The number of aromatic nitrogens is 1. The highest BCUT2D eigenvalue weighted by Gasteiger charge is 2.36. The van der Waals surface area contributed by atoms with Gasteiger partial charge in [0.05, 0.1) is 19.3 Å². The van der Waals surface area contributed by atoms with E-state index in [1.807, 2.05) is 6.07 Å². The van der Waals surface area contributed by atoms with Gasteiger partial charge >= 0.3 is 0 Å². The van der Waals surface area contributed by atoms with E-state index >= 15 is 0 Å². The van der Waals surface area contributed by atoms with Crippen molar-refractivity contribution in [1.29, 1.82) is 0 Å². The Hall–Kier alpha value is -2.60. The lowest BCUT2D eigenvalue weighted by Crippen LogP contribution is -2.41. The number of hydrogen-bond donors (Lipinski definition) is 3. The fourth-order valence-electron chi connectivity index (χ4n) is 2.94. The number of aliphatic hydroxyl groups is 1. The zero-order valence-electron chi connectivity index (χ0n) is 13.3. The highest BCUT2D eigenvalue weighted by molar-refractivity contribution is 5.94. The number of aliphatic hydroxyl groups excluding tert-OH is 1. The van der Waals surface area contributed by atoms with Gasteiger partial charge in [-0.15, -0.1) is 0 Å². The summed E-state index contributed by atoms with van der Waals surface area (Å²) in [6.45, 7) is 0. The number of methoxy groups -OCH3 is 1. The molecule has 6 nitrogen and oxygen atoms in total. The Morgan fingerprint density at radius 1 is 1.33 bits per heavy atom. The van der Waals surface area contributed by atoms with Gasteiger partial charge in [0, 0.05) is 17.8 Å². The summed E-state index contributed by atoms with van der Waals surface area (Å²) in [5.74, 6) is 0.430. The van der Waals surface area contributed by atoms with E-state index in [1.165, 1.54) is 12.1 Å². The quantitative estimate of drug-likeness (QED) is 0.781. The van der Waals surface area contributed by atoms with Crippen LogP contribution in [0.25, 0.3) is 0 Å². The maximum atomic E-state index is 12.5. The fraction of sp³-hybridized carbons (Fsp3) is 0.333. The molecule has 1 saturated carbocycles. The van der Waals surface area contributed by atoms with Crippen LogP contribution in [0.2, 0.25) is 0 Å². The number of rotatable bonds is 5. The first-order chi connectivity index (χ1) is 11.6. The third kappa shape index (κ3) is 3.49. The van der Waals surface area contributed by atoms with Crippen molar-refractivity contribution in [2.24, 2.45) is 5.92 Å². The molecule has 2 aromatic rings. The molecule has 1 atom stereocenters. The van der Waals surface area contributed by atoms with E-state index in [-0.39, 0.29) is 29.7 Å². The van der Waals surface area contributed by atoms with Crippen molar-refractivity contribution in [2.75, 3.05) is 7.11 Å². The van der Waals surface area contributed by atoms with Gasteiger partial charge in [-0.1, -0.05) is 12.1 Å². The molecule has 0 bridgehead atoms. The molecule has 1 aliphatic rings. The lowest BCUT2D eigenvalue weighted by atomic mass is 9.75. The molecule has 1 aromatic carbocycles. The number of aromatic hydroxyl groups is 1. The summed E-state index contributed by atoms with van der Waals surface area (Å²) in [7, 11) is 1.55. The smallest absolute Gasteiger partial charge is 0.251 e. The van der Waals surface area contributed by atoms with Crippen molar-refractivity contribution < 1.29 is 19.7 Å². The van der Waals surface area contributed by atoms with Gasteiger partial charge in [-0.25, -0.2) is 4.98 Å². The first kappa shape index (κ1) is 16.3. The summed E-state index contributed by atoms with van der Waals surface area (Å²) in [6.07, 6.45) is 2.63. The Morgan fingerprint density at radius 3 is 2.71 bits per heavy atom. The highest BCUT2D eigenvalue weighted by Crippen LogP contribution is 2.38. The summed E-state index contributed by atoms with van der Waals surface area (Å²) in [4.78, 5) is 16.7. The van der Waals surface area contributed by atoms with E-state index < -0.39 is 0 Å². The average Bonchev–Trinajstić information content (AvgIpc) is 2.57. The summed E-state index contributed by atoms with van der Waals surface area (Å²) in [6, 6.07) is 9.58. The van der Waals surface area contributed by atoms with Crippen LogP contribution < -0.4 is 10.1 Å². The number of phenolic OH excluding ortho intramolecular Hbond substituents is 1. The summed E-state index contributed by atoms with van der Waals surface area (Å²) in [5, 5.41) is 22.1. The molecule has 126 valence electrons. The number of ether oxygens (including phenoxy) is 1. The van der Waals surface area contributed by atoms with Crippen LogP contribution in [0.1, 0.15) is 34.8 Å². The van der Waals surface area contributed by atoms with Crippen LogP contribution in [0.3, 0.4) is 0 Å². The van der Waals surface area contributed by atoms with Gasteiger partial charge in [0.1, 0.15) is 5.75 Å². The molecule has 24 heavy (non-hydrogen) atoms. The van der Waals surface area contributed by atoms with Gasteiger partial charge in [-0.2, -0.15) is 0 Å². The standard InChI is InChI=1S/C18H20N2O4/c1-24-16-6-5-12(10-19-16)17(13-8-15(22)9-13)20-18(23)11-3-2-4-14(21)7-11/h2-7,10,13,15,17,21-22H,8-9H2,1H3,(H,20,23)/t13?,15?,17-/m1/s1. The van der Waals surface area contributed by atoms with E-state index in [1.54, 1.807) is 31.5 Å². The number of nitrogens with zero attached hydrogens (tertiary/aromatic N) is 1. The van der Waals surface area contributed by atoms with Crippen molar-refractivity contribution in [2.45, 2.75) is 25.0 Å². The Balaban J connectivity index is 1.80. The van der Waals surface area contributed by atoms with Gasteiger partial charge in [0.15, 0.2) is 0 Å². The van der Waals surface area contributed by atoms with Gasteiger partial charge in [-0.3, -0.25) is 4.79 Å². The predicted octanol–water partition coefficient (Wildman–Crippen LogP) is 2.04. The topological polar surface area (TPSA) is 91.7 Å². The number of hydrogen-bond acceptors (Lipinski definition) is 5. The average molecular weight is 328 g/mol. The number of benzene rings is 1. The minimum Gasteiger partial charge on any atom is -0.508 e. The molecule has 0 aliphatic heterocycles. The predicted molar refractivity (Wildman–Crippen MR) is 87.8 cm³/mol. The third-order valence-electron chi connectivity index (χ3n) is 4.34. The Kier molecular flexibility index (Phi) is 4.66. The van der Waals surface area contributed by atoms with E-state index in [0.717, 1.165) is 5.56 Å². The Bertz CT molecular complexity index is 711. The normalized spacial score (nSPS) is 20.8. The molecular weight excluding hydrogens is 308 g/mol. The third-order valence-corrected chi connectivity index (χ3v) is 4.34. The number of carbonyl (C=O) groups is 1. The first-order valence-corrected chi connectivity index (χ1v) is 7.84. The minimum absolute atomic E-state index is 0.0457. The molecule has 6 heteroatoms. The second-order valence-corrected chi connectivity index (χ2v) is 6.02. The van der Waals surface area contributed by atoms with Crippen LogP contribution >= 0.6 is 0 Å². The Morgan fingerprint density at radius 2 is 2.12 bits per heavy atom. The highest BCUT2D eigenvalue weighted by atomic mass is 16.5. The zero-order valence-corrected chi connectivity index (χ0v) is 13.3. The second kappa shape index (κ2) is 6.88. The summed E-state index contributed by atoms with van der Waals surface area (Å²) >= 11 is 0. The largest absolute Gasteiger partial charge is 0.508 e. The number of amides is 1. The van der Waals surface area contributed by atoms with E-state index in [0.29, 0.717) is 24.3 Å². The van der Waals surface area contributed by atoms with E-state index in [2.05, 4.69) is 10.3 Å². The van der Waals surface area contributed by atoms with Crippen molar-refractivity contribution in [3.63, 3.8) is 0 Å². The second-order valence-electron chi connectivity index (χ2n) is 6.02. The summed E-state index contributed by atoms with van der Waals surface area (Å²) in [5.41, 5.74) is 1.25. The van der Waals surface area contributed by atoms with Crippen molar-refractivity contribution in [1.82, 2.24) is 10.3 Å². The van der Waals surface area contributed by atoms with Gasteiger partial charge in [0.2, 0.25) is 5.88 Å². The lowest BCUT2D eigenvalue weighted by Gasteiger charge is -2.38. The number of carbonyl (C=O) groups excluding carboxylic acids is 1. The molecule has 3 rings (SSSR count). The van der Waals surface area contributed by atoms with E-state index in [9.17, 15) is 15.0 Å².